The van der Waals surface area contributed by atoms with Crippen molar-refractivity contribution in [2.75, 3.05) is 13.2 Å². The van der Waals surface area contributed by atoms with E-state index in [1.807, 2.05) is 0 Å². The first kappa shape index (κ1) is 20.1. The summed E-state index contributed by atoms with van der Waals surface area (Å²) in [6.07, 6.45) is 3.10. The molecule has 1 atom stereocenters. The summed E-state index contributed by atoms with van der Waals surface area (Å²) >= 11 is 0. The lowest BCUT2D eigenvalue weighted by Crippen LogP contribution is -2.29. The van der Waals surface area contributed by atoms with E-state index in [-0.39, 0.29) is 17.9 Å². The van der Waals surface area contributed by atoms with Crippen molar-refractivity contribution in [2.24, 2.45) is 0 Å². The first-order valence-corrected chi connectivity index (χ1v) is 8.96. The minimum absolute atomic E-state index is 0.0526. The van der Waals surface area contributed by atoms with Crippen LogP contribution in [0.2, 0.25) is 0 Å². The van der Waals surface area contributed by atoms with E-state index in [2.05, 4.69) is 13.2 Å². The van der Waals surface area contributed by atoms with Crippen molar-refractivity contribution in [2.45, 2.75) is 6.04 Å². The fourth-order valence-electron chi connectivity index (χ4n) is 3.22. The molecule has 1 N–H and O–H groups in total. The second kappa shape index (κ2) is 8.56. The summed E-state index contributed by atoms with van der Waals surface area (Å²) in [5.74, 6) is -1.72. The number of carbonyl (C=O) groups is 2. The fourth-order valence-corrected chi connectivity index (χ4v) is 3.22. The summed E-state index contributed by atoms with van der Waals surface area (Å²) in [6.45, 7) is 7.65. The standard InChI is InChI=1S/C23H20FNO4/c1-3-13-25-20(15-5-9-17(24)10-6-15)19(22(27)23(25)28)21(26)16-7-11-18(12-8-16)29-14-4-2/h3-12,20,26H,1-2,13-14H2/t20-/m0/s1. The molecule has 2 aromatic rings. The molecule has 29 heavy (non-hydrogen) atoms. The Labute approximate surface area is 168 Å². The molecule has 1 aliphatic heterocycles. The lowest BCUT2D eigenvalue weighted by Gasteiger charge is -2.24. The van der Waals surface area contributed by atoms with E-state index in [0.29, 0.717) is 23.5 Å². The smallest absolute Gasteiger partial charge is 0.295 e. The van der Waals surface area contributed by atoms with Gasteiger partial charge in [-0.15, -0.1) is 6.58 Å². The van der Waals surface area contributed by atoms with Crippen LogP contribution < -0.4 is 4.74 Å². The number of nitrogens with zero attached hydrogens (tertiary/aromatic N) is 1. The van der Waals surface area contributed by atoms with Crippen LogP contribution in [0, 0.1) is 5.82 Å². The molecule has 0 saturated carbocycles. The molecule has 0 aliphatic carbocycles. The van der Waals surface area contributed by atoms with E-state index < -0.39 is 23.5 Å². The lowest BCUT2D eigenvalue weighted by atomic mass is 9.95. The van der Waals surface area contributed by atoms with Crippen LogP contribution in [0.4, 0.5) is 4.39 Å². The third-order valence-electron chi connectivity index (χ3n) is 4.55. The van der Waals surface area contributed by atoms with Gasteiger partial charge in [-0.25, -0.2) is 4.39 Å². The van der Waals surface area contributed by atoms with Crippen molar-refractivity contribution in [1.82, 2.24) is 4.90 Å². The molecule has 0 radical (unpaired) electrons. The summed E-state index contributed by atoms with van der Waals surface area (Å²) in [4.78, 5) is 26.6. The topological polar surface area (TPSA) is 66.8 Å². The molecule has 1 fully saturated rings. The highest BCUT2D eigenvalue weighted by Crippen LogP contribution is 2.39. The molecule has 0 bridgehead atoms. The zero-order valence-electron chi connectivity index (χ0n) is 15.7. The van der Waals surface area contributed by atoms with Gasteiger partial charge in [0.2, 0.25) is 0 Å². The zero-order valence-corrected chi connectivity index (χ0v) is 15.7. The third kappa shape index (κ3) is 3.96. The predicted octanol–water partition coefficient (Wildman–Crippen LogP) is 4.00. The van der Waals surface area contributed by atoms with Crippen LogP contribution in [0.25, 0.3) is 5.76 Å². The van der Waals surface area contributed by atoms with Crippen LogP contribution in [-0.2, 0) is 9.59 Å². The molecular formula is C23H20FNO4. The SMILES string of the molecule is C=CCOc1ccc(C(O)=C2C(=O)C(=O)N(CC=C)[C@H]2c2ccc(F)cc2)cc1. The van der Waals surface area contributed by atoms with E-state index in [0.717, 1.165) is 0 Å². The number of hydrogen-bond acceptors (Lipinski definition) is 4. The molecule has 0 aromatic heterocycles. The molecule has 2 aromatic carbocycles. The van der Waals surface area contributed by atoms with Gasteiger partial charge in [0, 0.05) is 12.1 Å². The number of carbonyl (C=O) groups excluding carboxylic acids is 2. The van der Waals surface area contributed by atoms with E-state index in [1.54, 1.807) is 30.3 Å². The molecule has 1 amide bonds. The number of aliphatic hydroxyl groups is 1. The number of Topliss-reactive ketones (excluding diaryl/α,β-unsaturated/α-hetero) is 1. The van der Waals surface area contributed by atoms with Gasteiger partial charge in [-0.2, -0.15) is 0 Å². The Kier molecular flexibility index (Phi) is 5.93. The molecule has 1 saturated heterocycles. The Morgan fingerprint density at radius 2 is 1.72 bits per heavy atom. The van der Waals surface area contributed by atoms with E-state index >= 15 is 0 Å². The highest BCUT2D eigenvalue weighted by Gasteiger charge is 2.45. The van der Waals surface area contributed by atoms with Crippen molar-refractivity contribution < 1.29 is 23.8 Å². The Hall–Kier alpha value is -3.67. The lowest BCUT2D eigenvalue weighted by molar-refractivity contribution is -0.139. The number of amides is 1. The molecule has 0 unspecified atom stereocenters. The van der Waals surface area contributed by atoms with Gasteiger partial charge in [0.15, 0.2) is 0 Å². The summed E-state index contributed by atoms with van der Waals surface area (Å²) in [7, 11) is 0. The minimum Gasteiger partial charge on any atom is -0.507 e. The zero-order chi connectivity index (χ0) is 21.0. The molecular weight excluding hydrogens is 373 g/mol. The summed E-state index contributed by atoms with van der Waals surface area (Å²) in [5, 5.41) is 10.9. The van der Waals surface area contributed by atoms with Gasteiger partial charge < -0.3 is 14.7 Å². The molecule has 1 heterocycles. The average molecular weight is 393 g/mol. The number of aliphatic hydroxyl groups excluding tert-OH is 1. The maximum atomic E-state index is 13.4. The van der Waals surface area contributed by atoms with Crippen LogP contribution in [0.15, 0.2) is 79.4 Å². The largest absolute Gasteiger partial charge is 0.507 e. The number of hydrogen-bond donors (Lipinski definition) is 1. The monoisotopic (exact) mass is 393 g/mol. The Balaban J connectivity index is 2.08. The van der Waals surface area contributed by atoms with Crippen LogP contribution in [0.1, 0.15) is 17.2 Å². The fraction of sp³-hybridized carbons (Fsp3) is 0.130. The van der Waals surface area contributed by atoms with E-state index in [4.69, 9.17) is 4.74 Å². The molecule has 148 valence electrons. The molecule has 6 heteroatoms. The highest BCUT2D eigenvalue weighted by atomic mass is 19.1. The second-order valence-corrected chi connectivity index (χ2v) is 6.42. The van der Waals surface area contributed by atoms with Gasteiger partial charge in [-0.1, -0.05) is 30.9 Å². The average Bonchev–Trinajstić information content (AvgIpc) is 2.98. The van der Waals surface area contributed by atoms with Crippen molar-refractivity contribution in [3.8, 4) is 5.75 Å². The number of benzene rings is 2. The van der Waals surface area contributed by atoms with E-state index in [1.165, 1.54) is 35.2 Å². The van der Waals surface area contributed by atoms with Crippen molar-refractivity contribution in [3.63, 3.8) is 0 Å². The molecule has 5 nitrogen and oxygen atoms in total. The molecule has 3 rings (SSSR count). The van der Waals surface area contributed by atoms with Crippen LogP contribution in [0.5, 0.6) is 5.75 Å². The Bertz CT molecular complexity index is 977. The van der Waals surface area contributed by atoms with E-state index in [9.17, 15) is 19.1 Å². The van der Waals surface area contributed by atoms with Crippen molar-refractivity contribution >= 4 is 17.4 Å². The normalized spacial score (nSPS) is 18.0. The van der Waals surface area contributed by atoms with Crippen molar-refractivity contribution in [1.29, 1.82) is 0 Å². The number of rotatable bonds is 7. The molecule has 1 aliphatic rings. The quantitative estimate of drug-likeness (QED) is 0.334. The summed E-state index contributed by atoms with van der Waals surface area (Å²) in [5.41, 5.74) is 0.822. The van der Waals surface area contributed by atoms with Gasteiger partial charge >= 0.3 is 0 Å². The number of ether oxygens (including phenoxy) is 1. The Morgan fingerprint density at radius 1 is 1.07 bits per heavy atom. The molecule has 0 spiro atoms. The van der Waals surface area contributed by atoms with Gasteiger partial charge in [-0.3, -0.25) is 9.59 Å². The van der Waals surface area contributed by atoms with Crippen molar-refractivity contribution in [3.05, 3.63) is 96.4 Å². The number of ketones is 1. The third-order valence-corrected chi connectivity index (χ3v) is 4.55. The first-order valence-electron chi connectivity index (χ1n) is 8.96. The number of likely N-dealkylation sites (tertiary alicyclic amines) is 1. The summed E-state index contributed by atoms with van der Waals surface area (Å²) in [6, 6.07) is 11.1. The summed E-state index contributed by atoms with van der Waals surface area (Å²) < 4.78 is 18.8. The van der Waals surface area contributed by atoms with Gasteiger partial charge in [0.1, 0.15) is 23.9 Å². The van der Waals surface area contributed by atoms with Crippen LogP contribution in [-0.4, -0.2) is 34.8 Å². The predicted molar refractivity (Wildman–Crippen MR) is 108 cm³/mol. The minimum atomic E-state index is -0.842. The second-order valence-electron chi connectivity index (χ2n) is 6.42. The highest BCUT2D eigenvalue weighted by molar-refractivity contribution is 6.46. The Morgan fingerprint density at radius 3 is 2.31 bits per heavy atom. The number of halogens is 1. The van der Waals surface area contributed by atoms with Gasteiger partial charge in [0.25, 0.3) is 11.7 Å². The van der Waals surface area contributed by atoms with Gasteiger partial charge in [0.05, 0.1) is 11.6 Å². The first-order chi connectivity index (χ1) is 14.0. The van der Waals surface area contributed by atoms with Crippen LogP contribution in [0.3, 0.4) is 0 Å². The maximum absolute atomic E-state index is 13.4. The van der Waals surface area contributed by atoms with Gasteiger partial charge in [-0.05, 0) is 42.0 Å². The maximum Gasteiger partial charge on any atom is 0.295 e. The van der Waals surface area contributed by atoms with Crippen LogP contribution >= 0.6 is 0 Å².